The molecule has 2 bridgehead atoms. The number of nitrogens with one attached hydrogen (secondary N) is 1. The number of allylic oxidation sites excluding steroid dienone is 2. The van der Waals surface area contributed by atoms with Crippen LogP contribution >= 0.6 is 15.9 Å². The minimum atomic E-state index is -0.227. The number of halogens is 1. The van der Waals surface area contributed by atoms with Crippen molar-refractivity contribution < 1.29 is 15.0 Å². The van der Waals surface area contributed by atoms with Gasteiger partial charge in [-0.3, -0.25) is 9.36 Å². The Bertz CT molecular complexity index is 1100. The second-order valence-electron chi connectivity index (χ2n) is 7.15. The third-order valence-corrected chi connectivity index (χ3v) is 5.98. The van der Waals surface area contributed by atoms with Crippen LogP contribution < -0.4 is 5.32 Å². The molecule has 0 saturated heterocycles. The molecule has 6 heteroatoms. The highest BCUT2D eigenvalue weighted by molar-refractivity contribution is 9.10. The largest absolute Gasteiger partial charge is 0.494 e. The van der Waals surface area contributed by atoms with Gasteiger partial charge in [-0.25, -0.2) is 0 Å². The monoisotopic (exact) mass is 436 g/mol. The van der Waals surface area contributed by atoms with E-state index in [0.717, 1.165) is 22.0 Å². The number of benzene rings is 2. The molecule has 2 aromatic carbocycles. The van der Waals surface area contributed by atoms with Gasteiger partial charge in [0.2, 0.25) is 11.8 Å². The maximum absolute atomic E-state index is 12.5. The number of aromatic hydroxyl groups is 2. The maximum Gasteiger partial charge on any atom is 0.255 e. The smallest absolute Gasteiger partial charge is 0.255 e. The first-order valence-corrected chi connectivity index (χ1v) is 9.84. The van der Waals surface area contributed by atoms with Crippen molar-refractivity contribution in [3.63, 3.8) is 0 Å². The fourth-order valence-corrected chi connectivity index (χ4v) is 4.62. The standard InChI is InChI=1S/C22H17BrN2O3/c23-15-2-1-3-16(11-15)24-20(26)12-6-8-17(9-7-12)25-21(27)18-13-4-5-14(10-13)19(18)22(25)28/h1-9,11,13-14,27-28H,10H2,(H,24,26)/t13-,14+. The van der Waals surface area contributed by atoms with Crippen molar-refractivity contribution in [2.45, 2.75) is 18.3 Å². The number of nitrogens with zero attached hydrogens (tertiary/aromatic N) is 1. The second-order valence-corrected chi connectivity index (χ2v) is 8.07. The minimum Gasteiger partial charge on any atom is -0.494 e. The van der Waals surface area contributed by atoms with E-state index < -0.39 is 0 Å². The molecule has 5 rings (SSSR count). The number of aromatic nitrogens is 1. The lowest BCUT2D eigenvalue weighted by Gasteiger charge is -2.11. The summed E-state index contributed by atoms with van der Waals surface area (Å²) in [6.07, 6.45) is 5.10. The van der Waals surface area contributed by atoms with Crippen LogP contribution in [0.4, 0.5) is 5.69 Å². The normalized spacial score (nSPS) is 19.0. The molecule has 2 aliphatic rings. The Morgan fingerprint density at radius 3 is 2.25 bits per heavy atom. The van der Waals surface area contributed by atoms with Crippen LogP contribution in [0.15, 0.2) is 65.2 Å². The van der Waals surface area contributed by atoms with Gasteiger partial charge in [-0.2, -0.15) is 0 Å². The first-order chi connectivity index (χ1) is 13.5. The average molecular weight is 437 g/mol. The topological polar surface area (TPSA) is 74.5 Å². The number of carbonyl (C=O) groups is 1. The molecule has 140 valence electrons. The highest BCUT2D eigenvalue weighted by Gasteiger charge is 2.41. The molecule has 28 heavy (non-hydrogen) atoms. The van der Waals surface area contributed by atoms with Gasteiger partial charge in [-0.15, -0.1) is 0 Å². The van der Waals surface area contributed by atoms with E-state index in [1.807, 2.05) is 24.3 Å². The molecule has 0 saturated carbocycles. The van der Waals surface area contributed by atoms with Crippen molar-refractivity contribution in [2.24, 2.45) is 0 Å². The summed E-state index contributed by atoms with van der Waals surface area (Å²) in [6.45, 7) is 0. The van der Waals surface area contributed by atoms with Crippen molar-refractivity contribution in [3.8, 4) is 17.4 Å². The van der Waals surface area contributed by atoms with Gasteiger partial charge in [0.25, 0.3) is 5.91 Å². The van der Waals surface area contributed by atoms with Gasteiger partial charge in [-0.05, 0) is 48.9 Å². The minimum absolute atomic E-state index is 0.0793. The van der Waals surface area contributed by atoms with Crippen LogP contribution in [0, 0.1) is 0 Å². The van der Waals surface area contributed by atoms with Gasteiger partial charge < -0.3 is 15.5 Å². The molecule has 0 fully saturated rings. The van der Waals surface area contributed by atoms with E-state index in [9.17, 15) is 15.0 Å². The lowest BCUT2D eigenvalue weighted by Crippen LogP contribution is -2.11. The van der Waals surface area contributed by atoms with Gasteiger partial charge in [-0.1, -0.05) is 34.1 Å². The molecular formula is C22H17BrN2O3. The molecule has 3 N–H and O–H groups in total. The van der Waals surface area contributed by atoms with E-state index in [1.165, 1.54) is 4.57 Å². The highest BCUT2D eigenvalue weighted by atomic mass is 79.9. The van der Waals surface area contributed by atoms with Crippen LogP contribution in [-0.2, 0) is 0 Å². The molecule has 2 aliphatic carbocycles. The third kappa shape index (κ3) is 2.56. The third-order valence-electron chi connectivity index (χ3n) is 5.49. The molecule has 2 atom stereocenters. The zero-order chi connectivity index (χ0) is 19.4. The van der Waals surface area contributed by atoms with Crippen molar-refractivity contribution in [3.05, 3.63) is 81.8 Å². The molecule has 0 unspecified atom stereocenters. The fourth-order valence-electron chi connectivity index (χ4n) is 4.22. The van der Waals surface area contributed by atoms with Crippen LogP contribution in [0.5, 0.6) is 11.8 Å². The van der Waals surface area contributed by atoms with Crippen LogP contribution in [0.2, 0.25) is 0 Å². The predicted molar refractivity (Wildman–Crippen MR) is 110 cm³/mol. The van der Waals surface area contributed by atoms with E-state index in [2.05, 4.69) is 33.4 Å². The molecule has 5 nitrogen and oxygen atoms in total. The zero-order valence-electron chi connectivity index (χ0n) is 14.8. The lowest BCUT2D eigenvalue weighted by molar-refractivity contribution is 0.102. The second kappa shape index (κ2) is 6.27. The number of fused-ring (bicyclic) bond motifs is 5. The molecule has 0 radical (unpaired) electrons. The predicted octanol–water partition coefficient (Wildman–Crippen LogP) is 5.04. The van der Waals surface area contributed by atoms with E-state index in [-0.39, 0.29) is 29.5 Å². The summed E-state index contributed by atoms with van der Waals surface area (Å²) in [5, 5.41) is 24.2. The van der Waals surface area contributed by atoms with E-state index >= 15 is 0 Å². The SMILES string of the molecule is O=C(Nc1cccc(Br)c1)c1ccc(-n2c(O)c3c(c2O)[C@H]2C=C[C@@H]3C2)cc1. The van der Waals surface area contributed by atoms with E-state index in [4.69, 9.17) is 0 Å². The highest BCUT2D eigenvalue weighted by Crippen LogP contribution is 2.57. The maximum atomic E-state index is 12.5. The molecule has 0 spiro atoms. The summed E-state index contributed by atoms with van der Waals surface area (Å²) in [7, 11) is 0. The zero-order valence-corrected chi connectivity index (χ0v) is 16.3. The summed E-state index contributed by atoms with van der Waals surface area (Å²) in [6, 6.07) is 14.2. The Balaban J connectivity index is 1.43. The van der Waals surface area contributed by atoms with Gasteiger partial charge >= 0.3 is 0 Å². The Morgan fingerprint density at radius 1 is 1.00 bits per heavy atom. The summed E-state index contributed by atoms with van der Waals surface area (Å²) >= 11 is 3.38. The Labute approximate surface area is 170 Å². The lowest BCUT2D eigenvalue weighted by atomic mass is 10.0. The van der Waals surface area contributed by atoms with Gasteiger partial charge in [0, 0.05) is 38.7 Å². The summed E-state index contributed by atoms with van der Waals surface area (Å²) in [4.78, 5) is 12.5. The molecule has 0 aliphatic heterocycles. The van der Waals surface area contributed by atoms with E-state index in [0.29, 0.717) is 16.9 Å². The summed E-state index contributed by atoms with van der Waals surface area (Å²) in [5.41, 5.74) is 3.44. The van der Waals surface area contributed by atoms with Crippen LogP contribution in [-0.4, -0.2) is 20.7 Å². The van der Waals surface area contributed by atoms with Crippen LogP contribution in [0.25, 0.3) is 5.69 Å². The van der Waals surface area contributed by atoms with Crippen molar-refractivity contribution in [2.75, 3.05) is 5.32 Å². The van der Waals surface area contributed by atoms with Gasteiger partial charge in [0.15, 0.2) is 0 Å². The summed E-state index contributed by atoms with van der Waals surface area (Å²) < 4.78 is 2.34. The van der Waals surface area contributed by atoms with Crippen molar-refractivity contribution in [1.82, 2.24) is 4.57 Å². The molecule has 1 aromatic heterocycles. The van der Waals surface area contributed by atoms with Crippen LogP contribution in [0.1, 0.15) is 39.7 Å². The van der Waals surface area contributed by atoms with Gasteiger partial charge in [0.1, 0.15) is 0 Å². The number of anilines is 1. The molecule has 1 heterocycles. The Hall–Kier alpha value is -2.99. The summed E-state index contributed by atoms with van der Waals surface area (Å²) in [5.74, 6) is 0.270. The van der Waals surface area contributed by atoms with Crippen molar-refractivity contribution in [1.29, 1.82) is 0 Å². The van der Waals surface area contributed by atoms with Crippen molar-refractivity contribution >= 4 is 27.5 Å². The molecular weight excluding hydrogens is 420 g/mol. The molecule has 1 amide bonds. The number of carbonyl (C=O) groups excluding carboxylic acids is 1. The first kappa shape index (κ1) is 17.1. The number of rotatable bonds is 3. The van der Waals surface area contributed by atoms with E-state index in [1.54, 1.807) is 24.3 Å². The first-order valence-electron chi connectivity index (χ1n) is 9.05. The fraction of sp³-hybridized carbons (Fsp3) is 0.136. The Kier molecular flexibility index (Phi) is 3.84. The van der Waals surface area contributed by atoms with Gasteiger partial charge in [0.05, 0.1) is 5.69 Å². The van der Waals surface area contributed by atoms with Crippen LogP contribution in [0.3, 0.4) is 0 Å². The number of hydrogen-bond acceptors (Lipinski definition) is 3. The number of amides is 1. The average Bonchev–Trinajstić information content (AvgIpc) is 3.36. The molecule has 3 aromatic rings. The Morgan fingerprint density at radius 2 is 1.64 bits per heavy atom. The quantitative estimate of drug-likeness (QED) is 0.503. The number of hydrogen-bond donors (Lipinski definition) is 3.